The molecule has 0 bridgehead atoms. The van der Waals surface area contributed by atoms with Crippen molar-refractivity contribution < 1.29 is 14.2 Å². The van der Waals surface area contributed by atoms with Crippen LogP contribution in [0.2, 0.25) is 0 Å². The van der Waals surface area contributed by atoms with E-state index >= 15 is 0 Å². The third-order valence-electron chi connectivity index (χ3n) is 5.28. The van der Waals surface area contributed by atoms with Gasteiger partial charge >= 0.3 is 0 Å². The first kappa shape index (κ1) is 22.2. The highest BCUT2D eigenvalue weighted by Gasteiger charge is 2.34. The highest BCUT2D eigenvalue weighted by Crippen LogP contribution is 2.42. The summed E-state index contributed by atoms with van der Waals surface area (Å²) in [5.41, 5.74) is 7.93. The highest BCUT2D eigenvalue weighted by molar-refractivity contribution is 5.57. The number of methoxy groups -OCH3 is 1. The maximum Gasteiger partial charge on any atom is 0.258 e. The Morgan fingerprint density at radius 2 is 2.03 bits per heavy atom. The van der Waals surface area contributed by atoms with E-state index in [-0.39, 0.29) is 17.0 Å². The van der Waals surface area contributed by atoms with Crippen LogP contribution in [0.25, 0.3) is 0 Å². The molecule has 1 atom stereocenters. The number of fused-ring (bicyclic) bond motifs is 1. The number of rotatable bonds is 7. The first-order valence-electron chi connectivity index (χ1n) is 10.1. The van der Waals surface area contributed by atoms with Crippen molar-refractivity contribution in [2.45, 2.75) is 26.3 Å². The lowest BCUT2D eigenvalue weighted by atomic mass is 9.84. The summed E-state index contributed by atoms with van der Waals surface area (Å²) < 4.78 is 18.5. The Hall–Kier alpha value is -3.44. The van der Waals surface area contributed by atoms with E-state index in [1.807, 2.05) is 38.9 Å². The fourth-order valence-electron chi connectivity index (χ4n) is 3.74. The van der Waals surface area contributed by atoms with Crippen LogP contribution in [0.1, 0.15) is 29.7 Å². The van der Waals surface area contributed by atoms with Crippen molar-refractivity contribution in [3.8, 4) is 23.3 Å². The number of ether oxygens (including phenoxy) is 3. The van der Waals surface area contributed by atoms with Gasteiger partial charge in [-0.1, -0.05) is 6.07 Å². The number of allylic oxidation sites excluding steroid dienone is 1. The first-order valence-corrected chi connectivity index (χ1v) is 10.1. The Morgan fingerprint density at radius 1 is 1.29 bits per heavy atom. The Balaban J connectivity index is 2.22. The Kier molecular flexibility index (Phi) is 6.56. The van der Waals surface area contributed by atoms with Crippen molar-refractivity contribution in [2.75, 3.05) is 34.4 Å². The first-order chi connectivity index (χ1) is 14.8. The van der Waals surface area contributed by atoms with Crippen LogP contribution in [0.5, 0.6) is 17.2 Å². The molecule has 1 aromatic carbocycles. The van der Waals surface area contributed by atoms with Gasteiger partial charge in [0.1, 0.15) is 17.4 Å². The molecule has 0 saturated heterocycles. The van der Waals surface area contributed by atoms with Gasteiger partial charge in [0.2, 0.25) is 5.88 Å². The summed E-state index contributed by atoms with van der Waals surface area (Å²) in [6.45, 7) is 5.45. The van der Waals surface area contributed by atoms with Crippen LogP contribution >= 0.6 is 0 Å². The molecule has 8 heteroatoms. The second-order valence-electron chi connectivity index (χ2n) is 7.59. The van der Waals surface area contributed by atoms with Gasteiger partial charge in [-0.2, -0.15) is 5.26 Å². The van der Waals surface area contributed by atoms with Crippen molar-refractivity contribution in [3.05, 3.63) is 62.9 Å². The highest BCUT2D eigenvalue weighted by atomic mass is 16.5. The average molecular weight is 425 g/mol. The standard InChI is InChI=1S/C23H28N4O4/c1-6-30-17-8-7-15(12-18(17)29-5)20-16(13-24)22(25)31-19-11-14(2)27(10-9-26(3)4)23(28)21(19)20/h7-8,11-12,20H,6,9-10,25H2,1-5H3/t20-/m0/s1. The molecule has 0 aliphatic carbocycles. The molecule has 2 N–H and O–H groups in total. The molecule has 1 aliphatic rings. The summed E-state index contributed by atoms with van der Waals surface area (Å²) in [6, 6.07) is 9.30. The largest absolute Gasteiger partial charge is 0.493 e. The number of aryl methyl sites for hydroxylation is 1. The quantitative estimate of drug-likeness (QED) is 0.728. The molecule has 1 aliphatic heterocycles. The number of aromatic nitrogens is 1. The van der Waals surface area contributed by atoms with Gasteiger partial charge in [0.25, 0.3) is 5.56 Å². The van der Waals surface area contributed by atoms with Crippen molar-refractivity contribution in [3.63, 3.8) is 0 Å². The summed E-state index contributed by atoms with van der Waals surface area (Å²) in [4.78, 5) is 15.6. The van der Waals surface area contributed by atoms with Gasteiger partial charge in [-0.15, -0.1) is 0 Å². The number of nitriles is 1. The average Bonchev–Trinajstić information content (AvgIpc) is 2.73. The van der Waals surface area contributed by atoms with E-state index in [0.29, 0.717) is 48.1 Å². The lowest BCUT2D eigenvalue weighted by Crippen LogP contribution is -2.34. The minimum atomic E-state index is -0.669. The van der Waals surface area contributed by atoms with E-state index in [4.69, 9.17) is 19.9 Å². The van der Waals surface area contributed by atoms with Crippen LogP contribution in [0.3, 0.4) is 0 Å². The number of hydrogen-bond acceptors (Lipinski definition) is 7. The normalized spacial score (nSPS) is 15.3. The van der Waals surface area contributed by atoms with E-state index in [1.54, 1.807) is 29.9 Å². The van der Waals surface area contributed by atoms with Crippen molar-refractivity contribution in [1.82, 2.24) is 9.47 Å². The van der Waals surface area contributed by atoms with Crippen LogP contribution in [0.15, 0.2) is 40.5 Å². The second-order valence-corrected chi connectivity index (χ2v) is 7.59. The van der Waals surface area contributed by atoms with E-state index in [2.05, 4.69) is 6.07 Å². The zero-order valence-electron chi connectivity index (χ0n) is 18.6. The van der Waals surface area contributed by atoms with E-state index in [0.717, 1.165) is 5.69 Å². The van der Waals surface area contributed by atoms with Crippen molar-refractivity contribution in [2.24, 2.45) is 5.73 Å². The lowest BCUT2D eigenvalue weighted by Gasteiger charge is -2.28. The number of nitrogens with zero attached hydrogens (tertiary/aromatic N) is 3. The fraction of sp³-hybridized carbons (Fsp3) is 0.391. The molecule has 8 nitrogen and oxygen atoms in total. The van der Waals surface area contributed by atoms with Crippen LogP contribution in [-0.4, -0.2) is 43.8 Å². The number of pyridine rings is 1. The van der Waals surface area contributed by atoms with E-state index in [9.17, 15) is 10.1 Å². The third kappa shape index (κ3) is 4.23. The topological polar surface area (TPSA) is 103 Å². The summed E-state index contributed by atoms with van der Waals surface area (Å²) >= 11 is 0. The van der Waals surface area contributed by atoms with Crippen LogP contribution in [-0.2, 0) is 6.54 Å². The van der Waals surface area contributed by atoms with Gasteiger partial charge in [0.05, 0.1) is 25.2 Å². The number of hydrogen-bond donors (Lipinski definition) is 1. The predicted octanol–water partition coefficient (Wildman–Crippen LogP) is 2.34. The Morgan fingerprint density at radius 3 is 2.65 bits per heavy atom. The molecule has 0 amide bonds. The monoisotopic (exact) mass is 424 g/mol. The van der Waals surface area contributed by atoms with Crippen molar-refractivity contribution in [1.29, 1.82) is 5.26 Å². The zero-order valence-corrected chi connectivity index (χ0v) is 18.6. The molecule has 0 radical (unpaired) electrons. The lowest BCUT2D eigenvalue weighted by molar-refractivity contribution is 0.310. The molecule has 31 heavy (non-hydrogen) atoms. The number of nitrogens with two attached hydrogens (primary N) is 1. The molecule has 3 rings (SSSR count). The molecular weight excluding hydrogens is 396 g/mol. The Labute approximate surface area is 182 Å². The smallest absolute Gasteiger partial charge is 0.258 e. The van der Waals surface area contributed by atoms with Crippen LogP contribution < -0.4 is 25.5 Å². The van der Waals surface area contributed by atoms with Gasteiger partial charge in [0, 0.05) is 24.8 Å². The Bertz CT molecular complexity index is 1110. The zero-order chi connectivity index (χ0) is 22.7. The summed E-state index contributed by atoms with van der Waals surface area (Å²) in [5, 5.41) is 9.84. The molecule has 2 heterocycles. The number of likely N-dealkylation sites (N-methyl/N-ethyl adjacent to an activating group) is 1. The van der Waals surface area contributed by atoms with Gasteiger partial charge in [-0.05, 0) is 45.6 Å². The van der Waals surface area contributed by atoms with E-state index in [1.165, 1.54) is 0 Å². The SMILES string of the molecule is CCOc1ccc([C@H]2C(C#N)=C(N)Oc3cc(C)n(CCN(C)C)c(=O)c32)cc1OC. The van der Waals surface area contributed by atoms with Gasteiger partial charge in [0.15, 0.2) is 11.5 Å². The fourth-order valence-corrected chi connectivity index (χ4v) is 3.74. The maximum absolute atomic E-state index is 13.6. The molecule has 2 aromatic rings. The molecule has 164 valence electrons. The molecule has 0 fully saturated rings. The minimum absolute atomic E-state index is 0.00214. The molecule has 0 spiro atoms. The summed E-state index contributed by atoms with van der Waals surface area (Å²) in [6.07, 6.45) is 0. The van der Waals surface area contributed by atoms with Gasteiger partial charge in [-0.3, -0.25) is 4.79 Å². The molecule has 0 saturated carbocycles. The number of benzene rings is 1. The van der Waals surface area contributed by atoms with Gasteiger partial charge < -0.3 is 29.4 Å². The predicted molar refractivity (Wildman–Crippen MR) is 117 cm³/mol. The maximum atomic E-state index is 13.6. The van der Waals surface area contributed by atoms with Crippen molar-refractivity contribution >= 4 is 0 Å². The van der Waals surface area contributed by atoms with Crippen LogP contribution in [0, 0.1) is 18.3 Å². The molecule has 0 unspecified atom stereocenters. The molecular formula is C23H28N4O4. The second kappa shape index (κ2) is 9.14. The van der Waals surface area contributed by atoms with Crippen LogP contribution in [0.4, 0.5) is 0 Å². The summed E-state index contributed by atoms with van der Waals surface area (Å²) in [5.74, 6) is 0.805. The summed E-state index contributed by atoms with van der Waals surface area (Å²) in [7, 11) is 5.45. The third-order valence-corrected chi connectivity index (χ3v) is 5.28. The van der Waals surface area contributed by atoms with E-state index < -0.39 is 5.92 Å². The van der Waals surface area contributed by atoms with Gasteiger partial charge in [-0.25, -0.2) is 0 Å². The minimum Gasteiger partial charge on any atom is -0.493 e. The molecule has 1 aromatic heterocycles.